The highest BCUT2D eigenvalue weighted by Crippen LogP contribution is 2.28. The number of hydrogen-bond donors (Lipinski definition) is 0. The van der Waals surface area contributed by atoms with Crippen molar-refractivity contribution < 1.29 is 14.6 Å². The molecule has 0 saturated heterocycles. The van der Waals surface area contributed by atoms with Crippen LogP contribution in [0.4, 0.5) is 0 Å². The van der Waals surface area contributed by atoms with Crippen LogP contribution >= 0.6 is 0 Å². The Morgan fingerprint density at radius 2 is 2.35 bits per heavy atom. The summed E-state index contributed by atoms with van der Waals surface area (Å²) in [5.41, 5.74) is 1.94. The maximum Gasteiger partial charge on any atom is 0.343 e. The van der Waals surface area contributed by atoms with Gasteiger partial charge in [0.1, 0.15) is 5.56 Å². The number of pyridine rings is 1. The van der Waals surface area contributed by atoms with E-state index in [1.54, 1.807) is 13.0 Å². The molecule has 1 unspecified atom stereocenters. The van der Waals surface area contributed by atoms with E-state index in [1.165, 1.54) is 0 Å². The predicted octanol–water partition coefficient (Wildman–Crippen LogP) is 2.53. The summed E-state index contributed by atoms with van der Waals surface area (Å²) in [6, 6.07) is 1.66. The summed E-state index contributed by atoms with van der Waals surface area (Å²) in [4.78, 5) is 15.6. The number of aryl methyl sites for hydroxylation is 1. The van der Waals surface area contributed by atoms with Crippen molar-refractivity contribution in [1.82, 2.24) is 4.98 Å². The molecule has 0 fully saturated rings. The summed E-state index contributed by atoms with van der Waals surface area (Å²) in [6.45, 7) is 4.15. The van der Waals surface area contributed by atoms with Crippen molar-refractivity contribution in [3.05, 3.63) is 22.9 Å². The lowest BCUT2D eigenvalue weighted by atomic mass is 9.87. The minimum atomic E-state index is -0.564. The number of aromatic nitrogens is 1. The first-order chi connectivity index (χ1) is 8.11. The van der Waals surface area contributed by atoms with E-state index in [1.807, 2.05) is 0 Å². The smallest absolute Gasteiger partial charge is 0.343 e. The minimum absolute atomic E-state index is 0.0692. The molecule has 0 aliphatic heterocycles. The average Bonchev–Trinajstić information content (AvgIpc) is 2.29. The number of carbonyl (C=O) groups is 1. The lowest BCUT2D eigenvalue weighted by Crippen LogP contribution is -2.15. The largest absolute Gasteiger partial charge is 0.462 e. The molecule has 0 spiro atoms. The van der Waals surface area contributed by atoms with Gasteiger partial charge in [-0.2, -0.15) is 0 Å². The van der Waals surface area contributed by atoms with E-state index in [-0.39, 0.29) is 12.2 Å². The molecule has 1 aromatic rings. The van der Waals surface area contributed by atoms with E-state index in [9.17, 15) is 9.90 Å². The molecule has 2 rings (SSSR count). The maximum absolute atomic E-state index is 11.7. The van der Waals surface area contributed by atoms with E-state index >= 15 is 0 Å². The summed E-state index contributed by atoms with van der Waals surface area (Å²) >= 11 is 0. The number of carbonyl (C=O) groups excluding carboxylic acids is 1. The van der Waals surface area contributed by atoms with Gasteiger partial charge >= 0.3 is 5.97 Å². The summed E-state index contributed by atoms with van der Waals surface area (Å²) in [5.74, 6) is -0.445. The molecule has 1 heterocycles. The maximum atomic E-state index is 11.7. The van der Waals surface area contributed by atoms with Crippen LogP contribution in [0.15, 0.2) is 6.07 Å². The monoisotopic (exact) mass is 234 g/mol. The van der Waals surface area contributed by atoms with Gasteiger partial charge in [-0.15, -0.1) is 0 Å². The second-order valence-electron chi connectivity index (χ2n) is 4.52. The fourth-order valence-electron chi connectivity index (χ4n) is 2.18. The Bertz CT molecular complexity index is 443. The van der Waals surface area contributed by atoms with Crippen LogP contribution in [-0.4, -0.2) is 17.6 Å². The van der Waals surface area contributed by atoms with E-state index < -0.39 is 11.8 Å². The Labute approximate surface area is 101 Å². The van der Waals surface area contributed by atoms with Gasteiger partial charge in [0.05, 0.1) is 6.61 Å². The number of rotatable bonds is 2. The molecule has 1 atom stereocenters. The fourth-order valence-corrected chi connectivity index (χ4v) is 2.18. The van der Waals surface area contributed by atoms with Crippen molar-refractivity contribution in [3.63, 3.8) is 0 Å². The minimum Gasteiger partial charge on any atom is -0.462 e. The predicted molar refractivity (Wildman–Crippen MR) is 61.5 cm³/mol. The molecule has 0 bridgehead atoms. The number of hydrogen-bond acceptors (Lipinski definition) is 3. The van der Waals surface area contributed by atoms with Gasteiger partial charge in [0.2, 0.25) is 0 Å². The highest BCUT2D eigenvalue weighted by Gasteiger charge is 2.23. The van der Waals surface area contributed by atoms with Crippen molar-refractivity contribution in [2.75, 3.05) is 6.61 Å². The van der Waals surface area contributed by atoms with E-state index in [2.05, 4.69) is 11.9 Å². The molecule has 0 N–H and O–H groups in total. The third kappa shape index (κ3) is 2.40. The zero-order chi connectivity index (χ0) is 12.4. The molecule has 1 aliphatic rings. The standard InChI is InChI=1S/C13H16NO3/c1-3-17-13(16)10-7-9-6-8(2)4-5-11(9)14-12(10)15/h7-8H,3-6H2,1-2H3. The lowest BCUT2D eigenvalue weighted by Gasteiger charge is -2.20. The first-order valence-electron chi connectivity index (χ1n) is 5.98. The van der Waals surface area contributed by atoms with Crippen LogP contribution in [0.1, 0.15) is 41.9 Å². The normalized spacial score (nSPS) is 18.6. The summed E-state index contributed by atoms with van der Waals surface area (Å²) in [7, 11) is 0. The van der Waals surface area contributed by atoms with Crippen LogP contribution in [0.25, 0.3) is 0 Å². The van der Waals surface area contributed by atoms with Gasteiger partial charge in [-0.3, -0.25) is 5.11 Å². The van der Waals surface area contributed by atoms with Gasteiger partial charge in [0.15, 0.2) is 0 Å². The molecule has 1 aliphatic carbocycles. The molecule has 4 nitrogen and oxygen atoms in total. The Balaban J connectivity index is 2.35. The van der Waals surface area contributed by atoms with Gasteiger partial charge in [0, 0.05) is 5.69 Å². The van der Waals surface area contributed by atoms with Crippen molar-refractivity contribution in [2.24, 2.45) is 5.92 Å². The molecular formula is C13H16NO3. The van der Waals surface area contributed by atoms with Crippen LogP contribution in [0.5, 0.6) is 5.88 Å². The van der Waals surface area contributed by atoms with Crippen LogP contribution in [-0.2, 0) is 22.7 Å². The third-order valence-electron chi connectivity index (χ3n) is 3.09. The van der Waals surface area contributed by atoms with Crippen LogP contribution in [0.2, 0.25) is 0 Å². The third-order valence-corrected chi connectivity index (χ3v) is 3.09. The van der Waals surface area contributed by atoms with Crippen molar-refractivity contribution in [3.8, 4) is 5.88 Å². The topological polar surface area (TPSA) is 59.1 Å². The molecular weight excluding hydrogens is 218 g/mol. The summed E-state index contributed by atoms with van der Waals surface area (Å²) in [6.07, 6.45) is 2.77. The Hall–Kier alpha value is -1.58. The highest BCUT2D eigenvalue weighted by atomic mass is 16.5. The quantitative estimate of drug-likeness (QED) is 0.739. The van der Waals surface area contributed by atoms with E-state index in [0.717, 1.165) is 30.5 Å². The van der Waals surface area contributed by atoms with Crippen LogP contribution in [0.3, 0.4) is 0 Å². The number of nitrogens with zero attached hydrogens (tertiary/aromatic N) is 1. The second kappa shape index (κ2) is 4.73. The molecule has 4 heteroatoms. The highest BCUT2D eigenvalue weighted by molar-refractivity contribution is 5.92. The van der Waals surface area contributed by atoms with Crippen molar-refractivity contribution in [2.45, 2.75) is 33.1 Å². The zero-order valence-electron chi connectivity index (χ0n) is 10.2. The molecule has 17 heavy (non-hydrogen) atoms. The Kier molecular flexibility index (Phi) is 3.31. The zero-order valence-corrected chi connectivity index (χ0v) is 10.2. The van der Waals surface area contributed by atoms with Gasteiger partial charge in [-0.25, -0.2) is 9.78 Å². The van der Waals surface area contributed by atoms with Crippen molar-refractivity contribution >= 4 is 5.97 Å². The Morgan fingerprint density at radius 3 is 3.06 bits per heavy atom. The van der Waals surface area contributed by atoms with E-state index in [0.29, 0.717) is 5.92 Å². The molecule has 91 valence electrons. The summed E-state index contributed by atoms with van der Waals surface area (Å²) < 4.78 is 4.85. The molecule has 1 aromatic heterocycles. The molecule has 0 aromatic carbocycles. The first-order valence-corrected chi connectivity index (χ1v) is 5.98. The second-order valence-corrected chi connectivity index (χ2v) is 4.52. The first kappa shape index (κ1) is 11.9. The molecule has 0 amide bonds. The van der Waals surface area contributed by atoms with Gasteiger partial charge in [0.25, 0.3) is 5.88 Å². The van der Waals surface area contributed by atoms with Gasteiger partial charge in [-0.1, -0.05) is 6.92 Å². The number of fused-ring (bicyclic) bond motifs is 1. The number of esters is 1. The molecule has 0 saturated carbocycles. The van der Waals surface area contributed by atoms with Crippen molar-refractivity contribution in [1.29, 1.82) is 0 Å². The van der Waals surface area contributed by atoms with E-state index in [4.69, 9.17) is 4.74 Å². The lowest BCUT2D eigenvalue weighted by molar-refractivity contribution is 0.0519. The number of ether oxygens (including phenoxy) is 1. The van der Waals surface area contributed by atoms with Crippen LogP contribution in [0, 0.1) is 5.92 Å². The fraction of sp³-hybridized carbons (Fsp3) is 0.538. The van der Waals surface area contributed by atoms with Crippen LogP contribution < -0.4 is 0 Å². The van der Waals surface area contributed by atoms with Gasteiger partial charge < -0.3 is 4.74 Å². The average molecular weight is 234 g/mol. The summed E-state index contributed by atoms with van der Waals surface area (Å²) in [5, 5.41) is 11.7. The Morgan fingerprint density at radius 1 is 1.59 bits per heavy atom. The van der Waals surface area contributed by atoms with Gasteiger partial charge in [-0.05, 0) is 43.7 Å². The molecule has 1 radical (unpaired) electrons. The SMILES string of the molecule is CCOC(=O)c1cc2c(nc1[O])CCC(C)C2.